The number of allylic oxidation sites excluding steroid dienone is 6. The van der Waals surface area contributed by atoms with Crippen molar-refractivity contribution in [3.8, 4) is 0 Å². The number of carbonyl (C=O) groups excluding carboxylic acids is 1. The van der Waals surface area contributed by atoms with Gasteiger partial charge in [0, 0.05) is 10.9 Å². The first kappa shape index (κ1) is 13.1. The molecule has 0 bridgehead atoms. The minimum absolute atomic E-state index is 0.158. The van der Waals surface area contributed by atoms with Crippen LogP contribution in [0.2, 0.25) is 0 Å². The van der Waals surface area contributed by atoms with Crippen LogP contribution in [0.1, 0.15) is 20.3 Å². The van der Waals surface area contributed by atoms with Gasteiger partial charge >= 0.3 is 0 Å². The molecule has 0 rings (SSSR count). The van der Waals surface area contributed by atoms with Crippen LogP contribution in [-0.2, 0) is 4.79 Å². The number of hydrogen-bond acceptors (Lipinski definition) is 1. The fraction of sp³-hybridized carbons (Fsp3) is 0.250. The quantitative estimate of drug-likeness (QED) is 0.680. The van der Waals surface area contributed by atoms with Gasteiger partial charge in [0.1, 0.15) is 5.78 Å². The van der Waals surface area contributed by atoms with Gasteiger partial charge in [0.05, 0.1) is 0 Å². The third-order valence-corrected chi connectivity index (χ3v) is 1.93. The monoisotopic (exact) mass is 254 g/mol. The molecular formula is C12H15BrO. The Morgan fingerprint density at radius 3 is 2.29 bits per heavy atom. The summed E-state index contributed by atoms with van der Waals surface area (Å²) in [7, 11) is 0. The van der Waals surface area contributed by atoms with Crippen LogP contribution in [0.15, 0.2) is 47.0 Å². The number of rotatable bonds is 5. The lowest BCUT2D eigenvalue weighted by atomic mass is 10.1. The van der Waals surface area contributed by atoms with E-state index in [1.54, 1.807) is 6.92 Å². The van der Waals surface area contributed by atoms with E-state index in [4.69, 9.17) is 0 Å². The maximum Gasteiger partial charge on any atom is 0.133 e. The van der Waals surface area contributed by atoms with Crippen molar-refractivity contribution in [1.82, 2.24) is 0 Å². The van der Waals surface area contributed by atoms with E-state index in [1.807, 2.05) is 25.2 Å². The van der Waals surface area contributed by atoms with Crippen molar-refractivity contribution >= 4 is 21.7 Å². The molecule has 0 spiro atoms. The summed E-state index contributed by atoms with van der Waals surface area (Å²) in [5, 5.41) is 0. The molecule has 0 radical (unpaired) electrons. The molecule has 0 aromatic heterocycles. The molecule has 0 aliphatic rings. The van der Waals surface area contributed by atoms with Gasteiger partial charge in [-0.15, -0.1) is 0 Å². The van der Waals surface area contributed by atoms with Gasteiger partial charge in [-0.1, -0.05) is 41.2 Å². The molecule has 0 atom stereocenters. The van der Waals surface area contributed by atoms with Gasteiger partial charge < -0.3 is 0 Å². The molecule has 0 saturated carbocycles. The summed E-state index contributed by atoms with van der Waals surface area (Å²) in [6.45, 7) is 11.1. The van der Waals surface area contributed by atoms with Crippen LogP contribution in [0.4, 0.5) is 0 Å². The highest BCUT2D eigenvalue weighted by Crippen LogP contribution is 2.12. The first-order valence-electron chi connectivity index (χ1n) is 4.31. The Bertz CT molecular complexity index is 308. The van der Waals surface area contributed by atoms with Crippen LogP contribution in [0.3, 0.4) is 0 Å². The average molecular weight is 255 g/mol. The molecule has 14 heavy (non-hydrogen) atoms. The van der Waals surface area contributed by atoms with Gasteiger partial charge in [-0.3, -0.25) is 4.79 Å². The average Bonchev–Trinajstić information content (AvgIpc) is 2.09. The summed E-state index contributed by atoms with van der Waals surface area (Å²) in [6.07, 6.45) is 6.04. The fourth-order valence-electron chi connectivity index (χ4n) is 0.750. The third kappa shape index (κ3) is 6.61. The van der Waals surface area contributed by atoms with E-state index in [9.17, 15) is 4.79 Å². The lowest BCUT2D eigenvalue weighted by Crippen LogP contribution is -1.87. The van der Waals surface area contributed by atoms with Gasteiger partial charge in [0.2, 0.25) is 0 Å². The molecule has 0 aromatic rings. The van der Waals surface area contributed by atoms with Crippen LogP contribution in [0, 0.1) is 0 Å². The highest BCUT2D eigenvalue weighted by atomic mass is 79.9. The lowest BCUT2D eigenvalue weighted by Gasteiger charge is -1.99. The summed E-state index contributed by atoms with van der Waals surface area (Å²) >= 11 is 3.22. The Morgan fingerprint density at radius 2 is 1.86 bits per heavy atom. The van der Waals surface area contributed by atoms with E-state index in [0.717, 1.165) is 15.6 Å². The molecule has 0 aliphatic carbocycles. The summed E-state index contributed by atoms with van der Waals surface area (Å²) < 4.78 is 0.804. The van der Waals surface area contributed by atoms with Crippen molar-refractivity contribution in [3.63, 3.8) is 0 Å². The van der Waals surface area contributed by atoms with Gasteiger partial charge in [-0.25, -0.2) is 0 Å². The van der Waals surface area contributed by atoms with Crippen LogP contribution in [0.25, 0.3) is 0 Å². The Kier molecular flexibility index (Phi) is 6.13. The highest BCUT2D eigenvalue weighted by Gasteiger charge is 1.94. The largest absolute Gasteiger partial charge is 0.300 e. The zero-order chi connectivity index (χ0) is 11.1. The smallest absolute Gasteiger partial charge is 0.133 e. The molecule has 0 aromatic carbocycles. The van der Waals surface area contributed by atoms with Crippen LogP contribution in [0.5, 0.6) is 0 Å². The van der Waals surface area contributed by atoms with E-state index < -0.39 is 0 Å². The second kappa shape index (κ2) is 6.55. The normalized spacial score (nSPS) is 11.8. The minimum Gasteiger partial charge on any atom is -0.300 e. The SMILES string of the molecule is C=C(Br)/C=C\C(=C)/C(C)=C/CC(C)=O. The fourth-order valence-corrected chi connectivity index (χ4v) is 0.883. The zero-order valence-corrected chi connectivity index (χ0v) is 10.2. The van der Waals surface area contributed by atoms with E-state index in [2.05, 4.69) is 29.1 Å². The predicted molar refractivity (Wildman–Crippen MR) is 65.4 cm³/mol. The molecule has 0 aliphatic heterocycles. The zero-order valence-electron chi connectivity index (χ0n) is 8.64. The molecule has 0 fully saturated rings. The summed E-state index contributed by atoms with van der Waals surface area (Å²) in [5.41, 5.74) is 1.91. The molecule has 0 heterocycles. The van der Waals surface area contributed by atoms with E-state index >= 15 is 0 Å². The van der Waals surface area contributed by atoms with Crippen LogP contribution >= 0.6 is 15.9 Å². The maximum absolute atomic E-state index is 10.7. The molecule has 76 valence electrons. The summed E-state index contributed by atoms with van der Waals surface area (Å²) in [4.78, 5) is 10.7. The first-order valence-corrected chi connectivity index (χ1v) is 5.10. The molecule has 2 heteroatoms. The maximum atomic E-state index is 10.7. The van der Waals surface area contributed by atoms with Crippen molar-refractivity contribution < 1.29 is 4.79 Å². The second-order valence-electron chi connectivity index (χ2n) is 3.10. The van der Waals surface area contributed by atoms with Gasteiger partial charge in [0.25, 0.3) is 0 Å². The Hall–Kier alpha value is -0.890. The molecule has 0 saturated heterocycles. The minimum atomic E-state index is 0.158. The van der Waals surface area contributed by atoms with Crippen molar-refractivity contribution in [2.45, 2.75) is 20.3 Å². The second-order valence-corrected chi connectivity index (χ2v) is 4.12. The van der Waals surface area contributed by atoms with E-state index in [0.29, 0.717) is 6.42 Å². The highest BCUT2D eigenvalue weighted by molar-refractivity contribution is 9.11. The van der Waals surface area contributed by atoms with Crippen LogP contribution < -0.4 is 0 Å². The van der Waals surface area contributed by atoms with Crippen molar-refractivity contribution in [2.75, 3.05) is 0 Å². The van der Waals surface area contributed by atoms with Gasteiger partial charge in [-0.05, 0) is 31.1 Å². The lowest BCUT2D eigenvalue weighted by molar-refractivity contribution is -0.116. The Morgan fingerprint density at radius 1 is 1.29 bits per heavy atom. The third-order valence-electron chi connectivity index (χ3n) is 1.67. The topological polar surface area (TPSA) is 17.1 Å². The molecule has 0 unspecified atom stereocenters. The van der Waals surface area contributed by atoms with Gasteiger partial charge in [-0.2, -0.15) is 0 Å². The van der Waals surface area contributed by atoms with E-state index in [1.165, 1.54) is 0 Å². The number of carbonyl (C=O) groups is 1. The number of hydrogen-bond donors (Lipinski definition) is 0. The van der Waals surface area contributed by atoms with Crippen molar-refractivity contribution in [2.24, 2.45) is 0 Å². The predicted octanol–water partition coefficient (Wildman–Crippen LogP) is 3.93. The number of halogens is 1. The Balaban J connectivity index is 4.32. The first-order chi connectivity index (χ1) is 6.43. The summed E-state index contributed by atoms with van der Waals surface area (Å²) in [5.74, 6) is 0.158. The standard InChI is InChI=1S/C12H15BrO/c1-9(5-7-11(3)13)10(2)6-8-12(4)14/h5-7H,1,3,8H2,2,4H3/b7-5-,10-6+. The van der Waals surface area contributed by atoms with Crippen molar-refractivity contribution in [3.05, 3.63) is 47.0 Å². The summed E-state index contributed by atoms with van der Waals surface area (Å²) in [6, 6.07) is 0. The van der Waals surface area contributed by atoms with Gasteiger partial charge in [0.15, 0.2) is 0 Å². The molecular weight excluding hydrogens is 240 g/mol. The molecule has 0 amide bonds. The Labute approximate surface area is 94.0 Å². The van der Waals surface area contributed by atoms with E-state index in [-0.39, 0.29) is 5.78 Å². The molecule has 1 nitrogen and oxygen atoms in total. The number of ketones is 1. The molecule has 0 N–H and O–H groups in total. The van der Waals surface area contributed by atoms with Crippen LogP contribution in [-0.4, -0.2) is 5.78 Å². The number of Topliss-reactive ketones (excluding diaryl/α,β-unsaturated/α-hetero) is 1. The van der Waals surface area contributed by atoms with Crippen molar-refractivity contribution in [1.29, 1.82) is 0 Å².